The van der Waals surface area contributed by atoms with Crippen LogP contribution in [0, 0.1) is 5.92 Å². The molecule has 0 bridgehead atoms. The molecule has 1 aliphatic rings. The molecular weight excluding hydrogens is 222 g/mol. The summed E-state index contributed by atoms with van der Waals surface area (Å²) in [6.07, 6.45) is 6.56. The summed E-state index contributed by atoms with van der Waals surface area (Å²) >= 11 is 0. The standard InChI is InChI=1S/C15H33N3/c1-5-14-8-9-15(12-14,13-16)18(6-2)11-7-10-17(3)4/h14H,5-13,16H2,1-4H3. The Kier molecular flexibility index (Phi) is 6.61. The van der Waals surface area contributed by atoms with E-state index in [9.17, 15) is 0 Å². The lowest BCUT2D eigenvalue weighted by molar-refractivity contribution is 0.0967. The van der Waals surface area contributed by atoms with Crippen molar-refractivity contribution in [1.29, 1.82) is 0 Å². The van der Waals surface area contributed by atoms with Gasteiger partial charge in [0.2, 0.25) is 0 Å². The molecule has 0 aliphatic heterocycles. The van der Waals surface area contributed by atoms with Crippen LogP contribution in [0.3, 0.4) is 0 Å². The first-order chi connectivity index (χ1) is 8.57. The van der Waals surface area contributed by atoms with Gasteiger partial charge in [-0.2, -0.15) is 0 Å². The quantitative estimate of drug-likeness (QED) is 0.721. The second-order valence-corrected chi connectivity index (χ2v) is 6.18. The van der Waals surface area contributed by atoms with Crippen LogP contribution in [0.25, 0.3) is 0 Å². The first-order valence-corrected chi connectivity index (χ1v) is 7.67. The molecule has 0 saturated heterocycles. The normalized spacial score (nSPS) is 28.5. The van der Waals surface area contributed by atoms with Crippen molar-refractivity contribution in [2.75, 3.05) is 40.3 Å². The van der Waals surface area contributed by atoms with Crippen LogP contribution in [-0.2, 0) is 0 Å². The van der Waals surface area contributed by atoms with Crippen LogP contribution in [0.4, 0.5) is 0 Å². The predicted octanol–water partition coefficient (Wildman–Crippen LogP) is 2.17. The molecule has 3 nitrogen and oxygen atoms in total. The number of likely N-dealkylation sites (N-methyl/N-ethyl adjacent to an activating group) is 1. The fourth-order valence-corrected chi connectivity index (χ4v) is 3.47. The minimum absolute atomic E-state index is 0.307. The van der Waals surface area contributed by atoms with Gasteiger partial charge in [-0.3, -0.25) is 4.90 Å². The molecule has 0 heterocycles. The van der Waals surface area contributed by atoms with Gasteiger partial charge >= 0.3 is 0 Å². The van der Waals surface area contributed by atoms with E-state index in [1.54, 1.807) is 0 Å². The Morgan fingerprint density at radius 3 is 2.39 bits per heavy atom. The molecule has 2 N–H and O–H groups in total. The molecular formula is C15H33N3. The molecule has 2 unspecified atom stereocenters. The third-order valence-corrected chi connectivity index (χ3v) is 4.73. The van der Waals surface area contributed by atoms with Crippen LogP contribution in [-0.4, -0.2) is 55.6 Å². The highest BCUT2D eigenvalue weighted by molar-refractivity contribution is 4.98. The molecule has 1 aliphatic carbocycles. The summed E-state index contributed by atoms with van der Waals surface area (Å²) in [5, 5.41) is 0. The van der Waals surface area contributed by atoms with E-state index in [0.717, 1.165) is 19.0 Å². The van der Waals surface area contributed by atoms with E-state index in [2.05, 4.69) is 37.7 Å². The largest absolute Gasteiger partial charge is 0.329 e. The summed E-state index contributed by atoms with van der Waals surface area (Å²) in [5.74, 6) is 0.899. The van der Waals surface area contributed by atoms with Crippen molar-refractivity contribution in [3.63, 3.8) is 0 Å². The van der Waals surface area contributed by atoms with E-state index in [-0.39, 0.29) is 0 Å². The molecule has 1 fully saturated rings. The zero-order valence-corrected chi connectivity index (χ0v) is 12.9. The Morgan fingerprint density at radius 1 is 1.22 bits per heavy atom. The molecule has 0 aromatic rings. The fourth-order valence-electron chi connectivity index (χ4n) is 3.47. The smallest absolute Gasteiger partial charge is 0.0334 e. The minimum atomic E-state index is 0.307. The number of nitrogens with zero attached hydrogens (tertiary/aromatic N) is 2. The Bertz CT molecular complexity index is 230. The number of nitrogens with two attached hydrogens (primary N) is 1. The Morgan fingerprint density at radius 2 is 1.94 bits per heavy atom. The highest BCUT2D eigenvalue weighted by Gasteiger charge is 2.41. The van der Waals surface area contributed by atoms with Crippen molar-refractivity contribution in [2.45, 2.75) is 51.5 Å². The van der Waals surface area contributed by atoms with Gasteiger partial charge in [0.1, 0.15) is 0 Å². The summed E-state index contributed by atoms with van der Waals surface area (Å²) in [7, 11) is 4.30. The zero-order chi connectivity index (χ0) is 13.6. The summed E-state index contributed by atoms with van der Waals surface area (Å²) in [5.41, 5.74) is 6.45. The summed E-state index contributed by atoms with van der Waals surface area (Å²) in [4.78, 5) is 4.93. The van der Waals surface area contributed by atoms with E-state index < -0.39 is 0 Å². The van der Waals surface area contributed by atoms with Crippen molar-refractivity contribution >= 4 is 0 Å². The Balaban J connectivity index is 2.55. The van der Waals surface area contributed by atoms with Gasteiger partial charge in [0.15, 0.2) is 0 Å². The third-order valence-electron chi connectivity index (χ3n) is 4.73. The van der Waals surface area contributed by atoms with Gasteiger partial charge in [-0.15, -0.1) is 0 Å². The van der Waals surface area contributed by atoms with E-state index in [4.69, 9.17) is 5.73 Å². The van der Waals surface area contributed by atoms with Crippen LogP contribution in [0.5, 0.6) is 0 Å². The maximum atomic E-state index is 6.14. The van der Waals surface area contributed by atoms with E-state index in [1.165, 1.54) is 45.2 Å². The van der Waals surface area contributed by atoms with E-state index in [1.807, 2.05) is 0 Å². The van der Waals surface area contributed by atoms with E-state index >= 15 is 0 Å². The number of hydrogen-bond donors (Lipinski definition) is 1. The van der Waals surface area contributed by atoms with Crippen LogP contribution in [0.1, 0.15) is 46.0 Å². The number of rotatable bonds is 8. The number of hydrogen-bond acceptors (Lipinski definition) is 3. The first-order valence-electron chi connectivity index (χ1n) is 7.67. The summed E-state index contributed by atoms with van der Waals surface area (Å²) in [6.45, 7) is 8.95. The third kappa shape index (κ3) is 3.94. The molecule has 18 heavy (non-hydrogen) atoms. The molecule has 1 saturated carbocycles. The lowest BCUT2D eigenvalue weighted by Gasteiger charge is -2.40. The lowest BCUT2D eigenvalue weighted by atomic mass is 9.92. The second kappa shape index (κ2) is 7.46. The van der Waals surface area contributed by atoms with Crippen LogP contribution < -0.4 is 5.73 Å². The molecule has 1 rings (SSSR count). The van der Waals surface area contributed by atoms with Crippen LogP contribution in [0.15, 0.2) is 0 Å². The summed E-state index contributed by atoms with van der Waals surface area (Å²) in [6, 6.07) is 0. The van der Waals surface area contributed by atoms with Gasteiger partial charge in [-0.05, 0) is 65.3 Å². The fraction of sp³-hybridized carbons (Fsp3) is 1.00. The van der Waals surface area contributed by atoms with Gasteiger partial charge in [0.05, 0.1) is 0 Å². The van der Waals surface area contributed by atoms with Gasteiger partial charge < -0.3 is 10.6 Å². The first kappa shape index (κ1) is 15.9. The second-order valence-electron chi connectivity index (χ2n) is 6.18. The molecule has 3 heteroatoms. The van der Waals surface area contributed by atoms with Crippen molar-refractivity contribution < 1.29 is 0 Å². The average molecular weight is 255 g/mol. The Labute approximate surface area is 114 Å². The molecule has 2 atom stereocenters. The van der Waals surface area contributed by atoms with Gasteiger partial charge in [-0.25, -0.2) is 0 Å². The van der Waals surface area contributed by atoms with Gasteiger partial charge in [0, 0.05) is 12.1 Å². The van der Waals surface area contributed by atoms with Gasteiger partial charge in [-0.1, -0.05) is 20.3 Å². The highest BCUT2D eigenvalue weighted by atomic mass is 15.2. The van der Waals surface area contributed by atoms with Gasteiger partial charge in [0.25, 0.3) is 0 Å². The van der Waals surface area contributed by atoms with Crippen molar-refractivity contribution in [3.05, 3.63) is 0 Å². The van der Waals surface area contributed by atoms with Crippen molar-refractivity contribution in [1.82, 2.24) is 9.80 Å². The zero-order valence-electron chi connectivity index (χ0n) is 12.9. The molecule has 0 radical (unpaired) electrons. The van der Waals surface area contributed by atoms with Crippen LogP contribution in [0.2, 0.25) is 0 Å². The SMILES string of the molecule is CCC1CCC(CN)(N(CC)CCCN(C)C)C1. The minimum Gasteiger partial charge on any atom is -0.329 e. The molecule has 108 valence electrons. The monoisotopic (exact) mass is 255 g/mol. The van der Waals surface area contributed by atoms with Crippen molar-refractivity contribution in [3.8, 4) is 0 Å². The van der Waals surface area contributed by atoms with Crippen molar-refractivity contribution in [2.24, 2.45) is 11.7 Å². The maximum absolute atomic E-state index is 6.14. The van der Waals surface area contributed by atoms with Crippen LogP contribution >= 0.6 is 0 Å². The topological polar surface area (TPSA) is 32.5 Å². The molecule has 0 aromatic heterocycles. The molecule has 0 amide bonds. The summed E-state index contributed by atoms with van der Waals surface area (Å²) < 4.78 is 0. The molecule has 0 aromatic carbocycles. The average Bonchev–Trinajstić information content (AvgIpc) is 2.79. The Hall–Kier alpha value is -0.120. The molecule has 0 spiro atoms. The highest BCUT2D eigenvalue weighted by Crippen LogP contribution is 2.39. The predicted molar refractivity (Wildman–Crippen MR) is 79.8 cm³/mol. The van der Waals surface area contributed by atoms with E-state index in [0.29, 0.717) is 5.54 Å². The maximum Gasteiger partial charge on any atom is 0.0334 e. The lowest BCUT2D eigenvalue weighted by Crippen LogP contribution is -2.52.